The van der Waals surface area contributed by atoms with Crippen molar-refractivity contribution in [1.82, 2.24) is 0 Å². The molecular weight excluding hydrogens is 343 g/mol. The summed E-state index contributed by atoms with van der Waals surface area (Å²) in [5.74, 6) is 0. The summed E-state index contributed by atoms with van der Waals surface area (Å²) in [6, 6.07) is 6.29. The summed E-state index contributed by atoms with van der Waals surface area (Å²) in [7, 11) is -3.77. The van der Waals surface area contributed by atoms with Crippen molar-refractivity contribution in [3.05, 3.63) is 29.8 Å². The van der Waals surface area contributed by atoms with E-state index in [9.17, 15) is 21.4 Å². The van der Waals surface area contributed by atoms with Crippen molar-refractivity contribution in [1.29, 1.82) is 0 Å². The van der Waals surface area contributed by atoms with Gasteiger partial charge in [0.05, 0.1) is 11.5 Å². The third-order valence-electron chi connectivity index (χ3n) is 2.97. The van der Waals surface area contributed by atoms with Crippen LogP contribution in [0.15, 0.2) is 29.2 Å². The molecule has 22 heavy (non-hydrogen) atoms. The molecule has 0 aliphatic carbocycles. The Morgan fingerprint density at radius 1 is 1.00 bits per heavy atom. The molecule has 0 aliphatic rings. The van der Waals surface area contributed by atoms with Crippen LogP contribution in [0.3, 0.4) is 0 Å². The van der Waals surface area contributed by atoms with Crippen LogP contribution in [-0.4, -0.2) is 22.0 Å². The third-order valence-corrected chi connectivity index (χ3v) is 4.30. The zero-order valence-corrected chi connectivity index (χ0v) is 16.8. The topological polar surface area (TPSA) is 43.4 Å². The number of unbranched alkanes of at least 4 members (excludes halogenated alkanes) is 3. The van der Waals surface area contributed by atoms with E-state index in [1.54, 1.807) is 12.1 Å². The van der Waals surface area contributed by atoms with Crippen molar-refractivity contribution in [3.63, 3.8) is 0 Å². The minimum Gasteiger partial charge on any atom is -0.449 e. The van der Waals surface area contributed by atoms with Gasteiger partial charge < -0.3 is 12.9 Å². The molecule has 0 radical (unpaired) electrons. The van der Waals surface area contributed by atoms with Gasteiger partial charge in [-0.05, 0) is 25.5 Å². The van der Waals surface area contributed by atoms with E-state index in [2.05, 4.69) is 0 Å². The second-order valence-electron chi connectivity index (χ2n) is 5.00. The Morgan fingerprint density at radius 2 is 1.55 bits per heavy atom. The van der Waals surface area contributed by atoms with E-state index in [-0.39, 0.29) is 69.3 Å². The van der Waals surface area contributed by atoms with Crippen LogP contribution in [0.1, 0.15) is 31.2 Å². The number of rotatable bonds is 9. The van der Waals surface area contributed by atoms with Crippen LogP contribution >= 0.6 is 0 Å². The van der Waals surface area contributed by atoms with Crippen LogP contribution in [-0.2, 0) is 14.3 Å². The second kappa shape index (κ2) is 10.5. The molecule has 120 valence electrons. The van der Waals surface area contributed by atoms with E-state index in [1.807, 2.05) is 6.92 Å². The fourth-order valence-corrected chi connectivity index (χ4v) is 2.72. The maximum atomic E-state index is 12.0. The van der Waals surface area contributed by atoms with E-state index in [0.717, 1.165) is 5.56 Å². The Balaban J connectivity index is 0.00000441. The SMILES string of the molecule is Cc1ccc(S(=O)(=O)OCCCCCC[B-](F)(F)F)cc1.[K+]. The molecule has 0 aromatic heterocycles. The molecule has 0 bridgehead atoms. The van der Waals surface area contributed by atoms with Gasteiger partial charge in [-0.25, -0.2) is 0 Å². The average Bonchev–Trinajstić information content (AvgIpc) is 2.36. The summed E-state index contributed by atoms with van der Waals surface area (Å²) < 4.78 is 64.3. The standard InChI is InChI=1S/C13H19BF3O3S.K/c1-12-6-8-13(9-7-12)21(18,19)20-11-5-3-2-4-10-14(15,16)17;/h6-9H,2-5,10-11H2,1H3;/q-1;+1. The van der Waals surface area contributed by atoms with Gasteiger partial charge >= 0.3 is 58.4 Å². The molecule has 0 N–H and O–H groups in total. The summed E-state index contributed by atoms with van der Waals surface area (Å²) in [6.07, 6.45) is 0.734. The van der Waals surface area contributed by atoms with Crippen molar-refractivity contribution < 1.29 is 76.9 Å². The van der Waals surface area contributed by atoms with Gasteiger partial charge in [-0.2, -0.15) is 8.42 Å². The Labute approximate surface area is 172 Å². The molecule has 1 aromatic carbocycles. The molecule has 1 rings (SSSR count). The maximum absolute atomic E-state index is 12.0. The number of hydrogen-bond acceptors (Lipinski definition) is 3. The van der Waals surface area contributed by atoms with E-state index in [1.165, 1.54) is 12.1 Å². The van der Waals surface area contributed by atoms with Crippen molar-refractivity contribution in [3.8, 4) is 0 Å². The van der Waals surface area contributed by atoms with Crippen LogP contribution in [0.2, 0.25) is 6.32 Å². The van der Waals surface area contributed by atoms with Crippen LogP contribution in [0.5, 0.6) is 0 Å². The maximum Gasteiger partial charge on any atom is 1.00 e. The first-order valence-electron chi connectivity index (χ1n) is 6.88. The first-order valence-corrected chi connectivity index (χ1v) is 8.29. The molecule has 0 saturated carbocycles. The molecule has 9 heteroatoms. The predicted octanol–water partition coefficient (Wildman–Crippen LogP) is 1.11. The van der Waals surface area contributed by atoms with Crippen LogP contribution in [0.4, 0.5) is 12.9 Å². The van der Waals surface area contributed by atoms with Gasteiger partial charge in [-0.3, -0.25) is 4.18 Å². The van der Waals surface area contributed by atoms with Gasteiger partial charge in [0.25, 0.3) is 10.1 Å². The molecule has 0 amide bonds. The zero-order chi connectivity index (χ0) is 15.9. The Kier molecular flexibility index (Phi) is 10.8. The Hall–Kier alpha value is 0.621. The summed E-state index contributed by atoms with van der Waals surface area (Å²) >= 11 is 0. The number of halogens is 3. The Morgan fingerprint density at radius 3 is 2.09 bits per heavy atom. The minimum atomic E-state index is -4.71. The fraction of sp³-hybridized carbons (Fsp3) is 0.538. The molecule has 0 saturated heterocycles. The van der Waals surface area contributed by atoms with Gasteiger partial charge in [0.1, 0.15) is 0 Å². The number of benzene rings is 1. The average molecular weight is 362 g/mol. The molecule has 0 heterocycles. The van der Waals surface area contributed by atoms with Gasteiger partial charge in [0, 0.05) is 0 Å². The third kappa shape index (κ3) is 9.69. The van der Waals surface area contributed by atoms with Crippen LogP contribution < -0.4 is 51.4 Å². The van der Waals surface area contributed by atoms with E-state index in [0.29, 0.717) is 19.3 Å². The molecule has 1 aromatic rings. The van der Waals surface area contributed by atoms with Crippen molar-refractivity contribution >= 4 is 17.1 Å². The predicted molar refractivity (Wildman–Crippen MR) is 76.7 cm³/mol. The molecule has 3 nitrogen and oxygen atoms in total. The Bertz CT molecular complexity index is 532. The van der Waals surface area contributed by atoms with Crippen molar-refractivity contribution in [2.45, 2.75) is 43.8 Å². The molecule has 0 fully saturated rings. The minimum absolute atomic E-state index is 0. The van der Waals surface area contributed by atoms with Gasteiger partial charge in [-0.1, -0.05) is 43.3 Å². The van der Waals surface area contributed by atoms with Crippen LogP contribution in [0.25, 0.3) is 0 Å². The van der Waals surface area contributed by atoms with Crippen LogP contribution in [0, 0.1) is 6.92 Å². The summed E-state index contributed by atoms with van der Waals surface area (Å²) in [5.41, 5.74) is 0.945. The first kappa shape index (κ1) is 22.6. The first-order chi connectivity index (χ1) is 9.71. The molecule has 0 unspecified atom stereocenters. The molecule has 0 atom stereocenters. The molecule has 0 aliphatic heterocycles. The fourth-order valence-electron chi connectivity index (χ4n) is 1.77. The molecule has 0 spiro atoms. The van der Waals surface area contributed by atoms with E-state index in [4.69, 9.17) is 4.18 Å². The summed E-state index contributed by atoms with van der Waals surface area (Å²) in [4.78, 5) is 0.0906. The summed E-state index contributed by atoms with van der Waals surface area (Å²) in [6.45, 7) is -2.87. The van der Waals surface area contributed by atoms with Crippen molar-refractivity contribution in [2.75, 3.05) is 6.61 Å². The monoisotopic (exact) mass is 362 g/mol. The molecular formula is C13H19BF3KO3S. The normalized spacial score (nSPS) is 12.0. The second-order valence-corrected chi connectivity index (χ2v) is 6.62. The smallest absolute Gasteiger partial charge is 0.449 e. The zero-order valence-electron chi connectivity index (χ0n) is 12.9. The largest absolute Gasteiger partial charge is 1.00 e. The van der Waals surface area contributed by atoms with E-state index >= 15 is 0 Å². The number of aryl methyl sites for hydroxylation is 1. The summed E-state index contributed by atoms with van der Waals surface area (Å²) in [5, 5.41) is 0. The van der Waals surface area contributed by atoms with Gasteiger partial charge in [-0.15, -0.1) is 0 Å². The quantitative estimate of drug-likeness (QED) is 0.376. The van der Waals surface area contributed by atoms with Crippen molar-refractivity contribution in [2.24, 2.45) is 0 Å². The van der Waals surface area contributed by atoms with E-state index < -0.39 is 23.4 Å². The van der Waals surface area contributed by atoms with Gasteiger partial charge in [0.15, 0.2) is 0 Å². The van der Waals surface area contributed by atoms with Gasteiger partial charge in [0.2, 0.25) is 0 Å². The number of hydrogen-bond donors (Lipinski definition) is 0.